The fraction of sp³-hybridized carbons (Fsp3) is 0.643. The molecular formula is C14H20BrN5. The van der Waals surface area contributed by atoms with Crippen LogP contribution in [0.2, 0.25) is 0 Å². The summed E-state index contributed by atoms with van der Waals surface area (Å²) < 4.78 is 3.99. The highest BCUT2D eigenvalue weighted by atomic mass is 79.9. The van der Waals surface area contributed by atoms with Gasteiger partial charge in [0.25, 0.3) is 0 Å². The lowest BCUT2D eigenvalue weighted by Crippen LogP contribution is -2.13. The Morgan fingerprint density at radius 2 is 2.15 bits per heavy atom. The lowest BCUT2D eigenvalue weighted by Gasteiger charge is -2.21. The molecule has 2 heterocycles. The Kier molecular flexibility index (Phi) is 4.19. The fourth-order valence-corrected chi connectivity index (χ4v) is 2.96. The first-order valence-electron chi connectivity index (χ1n) is 7.30. The van der Waals surface area contributed by atoms with Crippen LogP contribution in [0.25, 0.3) is 0 Å². The lowest BCUT2D eigenvalue weighted by molar-refractivity contribution is 0.327. The minimum atomic E-state index is 0.232. The van der Waals surface area contributed by atoms with Crippen LogP contribution in [0.3, 0.4) is 0 Å². The minimum absolute atomic E-state index is 0.232. The van der Waals surface area contributed by atoms with Crippen LogP contribution >= 0.6 is 15.9 Å². The fourth-order valence-electron chi connectivity index (χ4n) is 2.75. The van der Waals surface area contributed by atoms with Gasteiger partial charge in [-0.1, -0.05) is 40.4 Å². The van der Waals surface area contributed by atoms with Crippen LogP contribution in [0, 0.1) is 0 Å². The molecule has 5 nitrogen and oxygen atoms in total. The molecule has 1 fully saturated rings. The highest BCUT2D eigenvalue weighted by Gasteiger charge is 2.16. The maximum Gasteiger partial charge on any atom is 0.0960 e. The van der Waals surface area contributed by atoms with Crippen LogP contribution in [-0.2, 0) is 6.54 Å². The molecule has 20 heavy (non-hydrogen) atoms. The molecule has 2 aromatic heterocycles. The third kappa shape index (κ3) is 3.11. The molecule has 0 radical (unpaired) electrons. The highest BCUT2D eigenvalue weighted by Crippen LogP contribution is 2.27. The number of halogens is 1. The summed E-state index contributed by atoms with van der Waals surface area (Å²) in [4.78, 5) is 0.232. The first-order valence-corrected chi connectivity index (χ1v) is 8.22. The summed E-state index contributed by atoms with van der Waals surface area (Å²) in [6.45, 7) is 2.73. The SMILES string of the molecule is CC(Br)c1cn(Cc2ccn(C3CCCCC3)n2)nn1. The number of hydrogen-bond acceptors (Lipinski definition) is 3. The van der Waals surface area contributed by atoms with Crippen molar-refractivity contribution in [1.29, 1.82) is 0 Å². The van der Waals surface area contributed by atoms with Crippen LogP contribution in [0.4, 0.5) is 0 Å². The number of aromatic nitrogens is 5. The predicted molar refractivity (Wildman–Crippen MR) is 80.8 cm³/mol. The molecular weight excluding hydrogens is 318 g/mol. The van der Waals surface area contributed by atoms with E-state index in [1.807, 2.05) is 17.8 Å². The van der Waals surface area contributed by atoms with Crippen molar-refractivity contribution in [2.45, 2.75) is 56.4 Å². The van der Waals surface area contributed by atoms with Gasteiger partial charge in [-0.3, -0.25) is 4.68 Å². The van der Waals surface area contributed by atoms with E-state index in [2.05, 4.69) is 43.2 Å². The summed E-state index contributed by atoms with van der Waals surface area (Å²) in [5.41, 5.74) is 2.01. The van der Waals surface area contributed by atoms with Gasteiger partial charge in [-0.25, -0.2) is 4.68 Å². The quantitative estimate of drug-likeness (QED) is 0.802. The number of hydrogen-bond donors (Lipinski definition) is 0. The summed E-state index contributed by atoms with van der Waals surface area (Å²) in [5.74, 6) is 0. The van der Waals surface area contributed by atoms with Crippen LogP contribution in [-0.4, -0.2) is 24.8 Å². The van der Waals surface area contributed by atoms with Crippen molar-refractivity contribution in [3.63, 3.8) is 0 Å². The summed E-state index contributed by atoms with van der Waals surface area (Å²) in [7, 11) is 0. The Balaban J connectivity index is 1.66. The van der Waals surface area contributed by atoms with Crippen LogP contribution in [0.5, 0.6) is 0 Å². The Hall–Kier alpha value is -1.17. The Morgan fingerprint density at radius 3 is 2.85 bits per heavy atom. The average molecular weight is 338 g/mol. The van der Waals surface area contributed by atoms with Gasteiger partial charge in [-0.05, 0) is 25.8 Å². The van der Waals surface area contributed by atoms with Crippen LogP contribution < -0.4 is 0 Å². The van der Waals surface area contributed by atoms with Crippen LogP contribution in [0.1, 0.15) is 61.3 Å². The molecule has 0 amide bonds. The third-order valence-electron chi connectivity index (χ3n) is 3.90. The maximum atomic E-state index is 4.70. The zero-order valence-electron chi connectivity index (χ0n) is 11.7. The summed E-state index contributed by atoms with van der Waals surface area (Å²) in [6.07, 6.45) is 10.6. The number of alkyl halides is 1. The third-order valence-corrected chi connectivity index (χ3v) is 4.37. The number of nitrogens with zero attached hydrogens (tertiary/aromatic N) is 5. The van der Waals surface area contributed by atoms with Gasteiger partial charge in [0, 0.05) is 6.20 Å². The maximum absolute atomic E-state index is 4.70. The second-order valence-corrected chi connectivity index (χ2v) is 6.91. The van der Waals surface area contributed by atoms with Crippen molar-refractivity contribution < 1.29 is 0 Å². The summed E-state index contributed by atoms with van der Waals surface area (Å²) in [6, 6.07) is 2.68. The second-order valence-electron chi connectivity index (χ2n) is 5.54. The van der Waals surface area contributed by atoms with E-state index in [9.17, 15) is 0 Å². The van der Waals surface area contributed by atoms with Gasteiger partial charge >= 0.3 is 0 Å². The van der Waals surface area contributed by atoms with Crippen molar-refractivity contribution in [3.05, 3.63) is 29.8 Å². The van der Waals surface area contributed by atoms with Crippen LogP contribution in [0.15, 0.2) is 18.5 Å². The lowest BCUT2D eigenvalue weighted by atomic mass is 9.96. The van der Waals surface area contributed by atoms with E-state index >= 15 is 0 Å². The first kappa shape index (κ1) is 13.8. The van der Waals surface area contributed by atoms with E-state index in [1.54, 1.807) is 0 Å². The van der Waals surface area contributed by atoms with Gasteiger partial charge in [0.2, 0.25) is 0 Å². The molecule has 2 aromatic rings. The molecule has 0 aromatic carbocycles. The molecule has 1 atom stereocenters. The van der Waals surface area contributed by atoms with Crippen molar-refractivity contribution in [3.8, 4) is 0 Å². The molecule has 1 aliphatic carbocycles. The van der Waals surface area contributed by atoms with Crippen molar-refractivity contribution in [2.75, 3.05) is 0 Å². The van der Waals surface area contributed by atoms with Gasteiger partial charge in [-0.2, -0.15) is 5.10 Å². The van der Waals surface area contributed by atoms with E-state index in [0.29, 0.717) is 12.6 Å². The second kappa shape index (κ2) is 6.08. The van der Waals surface area contributed by atoms with Crippen molar-refractivity contribution in [2.24, 2.45) is 0 Å². The minimum Gasteiger partial charge on any atom is -0.269 e. The van der Waals surface area contributed by atoms with Crippen molar-refractivity contribution >= 4 is 15.9 Å². The predicted octanol–water partition coefficient (Wildman–Crippen LogP) is 3.48. The smallest absolute Gasteiger partial charge is 0.0960 e. The average Bonchev–Trinajstić information content (AvgIpc) is 3.10. The van der Waals surface area contributed by atoms with Gasteiger partial charge in [0.15, 0.2) is 0 Å². The van der Waals surface area contributed by atoms with E-state index < -0.39 is 0 Å². The van der Waals surface area contributed by atoms with Gasteiger partial charge in [0.05, 0.1) is 35.0 Å². The molecule has 0 aliphatic heterocycles. The molecule has 108 valence electrons. The number of rotatable bonds is 4. The van der Waals surface area contributed by atoms with E-state index in [4.69, 9.17) is 5.10 Å². The van der Waals surface area contributed by atoms with Gasteiger partial charge in [0.1, 0.15) is 0 Å². The molecule has 0 N–H and O–H groups in total. The molecule has 3 rings (SSSR count). The zero-order valence-corrected chi connectivity index (χ0v) is 13.3. The molecule has 0 spiro atoms. The normalized spacial score (nSPS) is 18.3. The molecule has 0 bridgehead atoms. The van der Waals surface area contributed by atoms with E-state index in [0.717, 1.165) is 11.4 Å². The summed E-state index contributed by atoms with van der Waals surface area (Å²) in [5, 5.41) is 13.0. The summed E-state index contributed by atoms with van der Waals surface area (Å²) >= 11 is 3.50. The topological polar surface area (TPSA) is 48.5 Å². The van der Waals surface area contributed by atoms with Crippen molar-refractivity contribution in [1.82, 2.24) is 24.8 Å². The largest absolute Gasteiger partial charge is 0.269 e. The molecule has 6 heteroatoms. The molecule has 1 unspecified atom stereocenters. The van der Waals surface area contributed by atoms with E-state index in [1.165, 1.54) is 32.1 Å². The highest BCUT2D eigenvalue weighted by molar-refractivity contribution is 9.09. The molecule has 1 aliphatic rings. The first-order chi connectivity index (χ1) is 9.72. The van der Waals surface area contributed by atoms with E-state index in [-0.39, 0.29) is 4.83 Å². The van der Waals surface area contributed by atoms with Gasteiger partial charge < -0.3 is 0 Å². The standard InChI is InChI=1S/C14H20BrN5/c1-11(15)14-10-19(18-16-14)9-12-7-8-20(17-12)13-5-3-2-4-6-13/h7-8,10-11,13H,2-6,9H2,1H3. The molecule has 0 saturated heterocycles. The Bertz CT molecular complexity index is 553. The van der Waals surface area contributed by atoms with Gasteiger partial charge in [-0.15, -0.1) is 5.10 Å². The zero-order chi connectivity index (χ0) is 13.9. The monoisotopic (exact) mass is 337 g/mol. The Labute approximate surface area is 127 Å². The molecule has 1 saturated carbocycles. The Morgan fingerprint density at radius 1 is 1.35 bits per heavy atom.